The van der Waals surface area contributed by atoms with Crippen molar-refractivity contribution in [3.05, 3.63) is 11.6 Å². The molecule has 1 aliphatic rings. The summed E-state index contributed by atoms with van der Waals surface area (Å²) in [6, 6.07) is 2.37. The predicted molar refractivity (Wildman–Crippen MR) is 79.4 cm³/mol. The topological polar surface area (TPSA) is 43.2 Å². The number of anilines is 1. The molecule has 1 aromatic heterocycles. The van der Waals surface area contributed by atoms with E-state index in [0.717, 1.165) is 50.7 Å². The summed E-state index contributed by atoms with van der Waals surface area (Å²) in [5.41, 5.74) is -0.178. The van der Waals surface area contributed by atoms with E-state index >= 15 is 0 Å². The van der Waals surface area contributed by atoms with Crippen LogP contribution in [0.15, 0.2) is 11.6 Å². The van der Waals surface area contributed by atoms with Crippen molar-refractivity contribution in [1.82, 2.24) is 9.88 Å². The van der Waals surface area contributed by atoms with E-state index < -0.39 is 0 Å². The van der Waals surface area contributed by atoms with Crippen LogP contribution in [0.2, 0.25) is 0 Å². The lowest BCUT2D eigenvalue weighted by molar-refractivity contribution is 0.242. The van der Waals surface area contributed by atoms with Crippen molar-refractivity contribution in [2.24, 2.45) is 5.41 Å². The normalized spacial score (nSPS) is 17.4. The minimum Gasteiger partial charge on any atom is -0.346 e. The summed E-state index contributed by atoms with van der Waals surface area (Å²) >= 11 is 1.72. The second-order valence-corrected chi connectivity index (χ2v) is 6.62. The van der Waals surface area contributed by atoms with Crippen LogP contribution in [0.4, 0.5) is 5.13 Å². The molecule has 0 aromatic carbocycles. The number of aromatic nitrogens is 1. The number of hydrogen-bond donors (Lipinski definition) is 0. The second kappa shape index (κ2) is 6.36. The van der Waals surface area contributed by atoms with Crippen LogP contribution >= 0.6 is 11.3 Å². The molecular formula is C14H22N4S. The zero-order chi connectivity index (χ0) is 13.7. The average Bonchev–Trinajstić information content (AvgIpc) is 2.93. The van der Waals surface area contributed by atoms with Crippen molar-refractivity contribution in [3.63, 3.8) is 0 Å². The highest BCUT2D eigenvalue weighted by Gasteiger charge is 2.20. The number of thiazole rings is 1. The van der Waals surface area contributed by atoms with Crippen molar-refractivity contribution in [3.8, 4) is 6.07 Å². The standard InChI is InChI=1S/C14H22N4S/c1-14(2,12-15)4-3-6-17-7-9-18(10-8-17)13-16-5-11-19-13/h5,11H,3-4,6-10H2,1-2H3. The first kappa shape index (κ1) is 14.3. The summed E-state index contributed by atoms with van der Waals surface area (Å²) in [7, 11) is 0. The Labute approximate surface area is 119 Å². The molecule has 0 N–H and O–H groups in total. The molecule has 0 atom stereocenters. The molecule has 0 unspecified atom stereocenters. The van der Waals surface area contributed by atoms with Crippen LogP contribution in [0.5, 0.6) is 0 Å². The van der Waals surface area contributed by atoms with E-state index in [0.29, 0.717) is 0 Å². The van der Waals surface area contributed by atoms with Gasteiger partial charge >= 0.3 is 0 Å². The first-order valence-corrected chi connectivity index (χ1v) is 7.77. The molecule has 0 radical (unpaired) electrons. The quantitative estimate of drug-likeness (QED) is 0.830. The van der Waals surface area contributed by atoms with E-state index in [1.807, 2.05) is 25.4 Å². The van der Waals surface area contributed by atoms with E-state index in [9.17, 15) is 0 Å². The third-order valence-electron chi connectivity index (χ3n) is 3.64. The summed E-state index contributed by atoms with van der Waals surface area (Å²) in [4.78, 5) is 9.22. The molecule has 1 saturated heterocycles. The molecular weight excluding hydrogens is 256 g/mol. The zero-order valence-electron chi connectivity index (χ0n) is 11.8. The lowest BCUT2D eigenvalue weighted by Crippen LogP contribution is -2.46. The Morgan fingerprint density at radius 3 is 2.68 bits per heavy atom. The molecule has 19 heavy (non-hydrogen) atoms. The molecule has 0 saturated carbocycles. The van der Waals surface area contributed by atoms with Gasteiger partial charge in [-0.3, -0.25) is 4.90 Å². The Hall–Kier alpha value is -1.12. The predicted octanol–water partition coefficient (Wildman–Crippen LogP) is 2.60. The maximum atomic E-state index is 9.00. The van der Waals surface area contributed by atoms with Gasteiger partial charge in [0.05, 0.1) is 11.5 Å². The number of nitrogens with zero attached hydrogens (tertiary/aromatic N) is 4. The van der Waals surface area contributed by atoms with E-state index in [2.05, 4.69) is 20.9 Å². The van der Waals surface area contributed by atoms with Gasteiger partial charge in [0.1, 0.15) is 0 Å². The zero-order valence-corrected chi connectivity index (χ0v) is 12.6. The average molecular weight is 278 g/mol. The van der Waals surface area contributed by atoms with Crippen LogP contribution in [0, 0.1) is 16.7 Å². The number of nitriles is 1. The molecule has 1 fully saturated rings. The summed E-state index contributed by atoms with van der Waals surface area (Å²) in [5, 5.41) is 12.2. The van der Waals surface area contributed by atoms with Gasteiger partial charge in [-0.15, -0.1) is 11.3 Å². The van der Waals surface area contributed by atoms with Crippen LogP contribution in [-0.2, 0) is 0 Å². The highest BCUT2D eigenvalue weighted by Crippen LogP contribution is 2.22. The van der Waals surface area contributed by atoms with Gasteiger partial charge in [-0.2, -0.15) is 5.26 Å². The van der Waals surface area contributed by atoms with Crippen molar-refractivity contribution in [1.29, 1.82) is 5.26 Å². The molecule has 0 amide bonds. The summed E-state index contributed by atoms with van der Waals surface area (Å²) in [6.45, 7) is 9.49. The molecule has 5 heteroatoms. The van der Waals surface area contributed by atoms with E-state index in [1.165, 1.54) is 0 Å². The van der Waals surface area contributed by atoms with Gasteiger partial charge in [0.25, 0.3) is 0 Å². The largest absolute Gasteiger partial charge is 0.346 e. The Balaban J connectivity index is 1.68. The summed E-state index contributed by atoms with van der Waals surface area (Å²) in [6.07, 6.45) is 3.96. The SMILES string of the molecule is CC(C)(C#N)CCCN1CCN(c2nccs2)CC1. The van der Waals surface area contributed by atoms with Crippen LogP contribution in [-0.4, -0.2) is 42.6 Å². The summed E-state index contributed by atoms with van der Waals surface area (Å²) < 4.78 is 0. The molecule has 1 aromatic rings. The lowest BCUT2D eigenvalue weighted by atomic mass is 9.90. The molecule has 0 spiro atoms. The third kappa shape index (κ3) is 4.19. The Bertz CT molecular complexity index is 413. The summed E-state index contributed by atoms with van der Waals surface area (Å²) in [5.74, 6) is 0. The van der Waals surface area contributed by atoms with Gasteiger partial charge < -0.3 is 4.90 Å². The Kier molecular flexibility index (Phi) is 4.78. The maximum absolute atomic E-state index is 9.00. The molecule has 0 bridgehead atoms. The van der Waals surface area contributed by atoms with Crippen molar-refractivity contribution in [2.45, 2.75) is 26.7 Å². The fourth-order valence-corrected chi connectivity index (χ4v) is 3.03. The number of piperazine rings is 1. The molecule has 4 nitrogen and oxygen atoms in total. The fraction of sp³-hybridized carbons (Fsp3) is 0.714. The van der Waals surface area contributed by atoms with E-state index in [1.54, 1.807) is 11.3 Å². The highest BCUT2D eigenvalue weighted by molar-refractivity contribution is 7.13. The number of hydrogen-bond acceptors (Lipinski definition) is 5. The van der Waals surface area contributed by atoms with Crippen LogP contribution in [0.3, 0.4) is 0 Å². The van der Waals surface area contributed by atoms with Gasteiger partial charge in [0, 0.05) is 37.8 Å². The minimum absolute atomic E-state index is 0.178. The smallest absolute Gasteiger partial charge is 0.185 e. The second-order valence-electron chi connectivity index (χ2n) is 5.74. The Morgan fingerprint density at radius 2 is 2.11 bits per heavy atom. The van der Waals surface area contributed by atoms with Crippen LogP contribution in [0.1, 0.15) is 26.7 Å². The third-order valence-corrected chi connectivity index (χ3v) is 4.47. The molecule has 1 aliphatic heterocycles. The molecule has 104 valence electrons. The monoisotopic (exact) mass is 278 g/mol. The first-order chi connectivity index (χ1) is 9.11. The van der Waals surface area contributed by atoms with E-state index in [-0.39, 0.29) is 5.41 Å². The lowest BCUT2D eigenvalue weighted by Gasteiger charge is -2.34. The van der Waals surface area contributed by atoms with Crippen LogP contribution < -0.4 is 4.90 Å². The van der Waals surface area contributed by atoms with E-state index in [4.69, 9.17) is 5.26 Å². The van der Waals surface area contributed by atoms with Gasteiger partial charge in [-0.05, 0) is 33.2 Å². The number of rotatable bonds is 5. The fourth-order valence-electron chi connectivity index (χ4n) is 2.34. The van der Waals surface area contributed by atoms with Crippen molar-refractivity contribution in [2.75, 3.05) is 37.6 Å². The molecule has 2 heterocycles. The van der Waals surface area contributed by atoms with Crippen LogP contribution in [0.25, 0.3) is 0 Å². The highest BCUT2D eigenvalue weighted by atomic mass is 32.1. The van der Waals surface area contributed by atoms with Gasteiger partial charge in [-0.1, -0.05) is 0 Å². The van der Waals surface area contributed by atoms with Crippen molar-refractivity contribution >= 4 is 16.5 Å². The van der Waals surface area contributed by atoms with Gasteiger partial charge in [0.2, 0.25) is 0 Å². The molecule has 2 rings (SSSR count). The van der Waals surface area contributed by atoms with Gasteiger partial charge in [-0.25, -0.2) is 4.98 Å². The minimum atomic E-state index is -0.178. The van der Waals surface area contributed by atoms with Crippen molar-refractivity contribution < 1.29 is 0 Å². The first-order valence-electron chi connectivity index (χ1n) is 6.89. The maximum Gasteiger partial charge on any atom is 0.185 e. The Morgan fingerprint density at radius 1 is 1.37 bits per heavy atom. The molecule has 0 aliphatic carbocycles. The van der Waals surface area contributed by atoms with Gasteiger partial charge in [0.15, 0.2) is 5.13 Å².